The van der Waals surface area contributed by atoms with Gasteiger partial charge in [-0.15, -0.1) is 11.3 Å². The van der Waals surface area contributed by atoms with Crippen molar-refractivity contribution in [2.24, 2.45) is 11.8 Å². The maximum absolute atomic E-state index is 12.9. The molecule has 0 saturated heterocycles. The molecule has 154 valence electrons. The third-order valence-electron chi connectivity index (χ3n) is 5.71. The molecule has 3 rings (SSSR count). The Kier molecular flexibility index (Phi) is 6.52. The summed E-state index contributed by atoms with van der Waals surface area (Å²) < 4.78 is 0. The van der Waals surface area contributed by atoms with Gasteiger partial charge >= 0.3 is 5.97 Å². The number of amides is 1. The van der Waals surface area contributed by atoms with Crippen LogP contribution in [0.5, 0.6) is 0 Å². The maximum atomic E-state index is 12.9. The quantitative estimate of drug-likeness (QED) is 0.618. The number of aromatic nitrogens is 1. The van der Waals surface area contributed by atoms with E-state index in [-0.39, 0.29) is 5.91 Å². The van der Waals surface area contributed by atoms with Crippen LogP contribution in [0.3, 0.4) is 0 Å². The summed E-state index contributed by atoms with van der Waals surface area (Å²) in [5.41, 5.74) is 5.35. The highest BCUT2D eigenvalue weighted by Gasteiger charge is 2.37. The molecule has 2 atom stereocenters. The van der Waals surface area contributed by atoms with Gasteiger partial charge in [-0.25, -0.2) is 4.98 Å². The standard InChI is InChI=1S/C23H28N2O3S/c1-5-6-16-7-9-17(10-8-16)20-15(4)29-23(24-20)25-21(26)18-11-13(2)14(3)12-19(18)22(27)28/h7-10,18-19H,5-6,11-12H2,1-4H3,(H,27,28)(H,24,25,26)/t18-,19-/m0/s1. The van der Waals surface area contributed by atoms with Gasteiger partial charge in [0.05, 0.1) is 17.5 Å². The Morgan fingerprint density at radius 2 is 1.72 bits per heavy atom. The topological polar surface area (TPSA) is 79.3 Å². The van der Waals surface area contributed by atoms with E-state index in [2.05, 4.69) is 41.5 Å². The largest absolute Gasteiger partial charge is 0.481 e. The van der Waals surface area contributed by atoms with Crippen LogP contribution in [0.4, 0.5) is 5.13 Å². The lowest BCUT2D eigenvalue weighted by atomic mass is 9.76. The highest BCUT2D eigenvalue weighted by atomic mass is 32.1. The monoisotopic (exact) mass is 412 g/mol. The van der Waals surface area contributed by atoms with Gasteiger partial charge in [0, 0.05) is 10.4 Å². The number of anilines is 1. The van der Waals surface area contributed by atoms with E-state index >= 15 is 0 Å². The van der Waals surface area contributed by atoms with Crippen molar-refractivity contribution in [1.29, 1.82) is 0 Å². The van der Waals surface area contributed by atoms with E-state index in [1.807, 2.05) is 20.8 Å². The van der Waals surface area contributed by atoms with Gasteiger partial charge in [-0.05, 0) is 45.6 Å². The second-order valence-corrected chi connectivity index (χ2v) is 9.08. The normalized spacial score (nSPS) is 19.3. The number of carbonyl (C=O) groups excluding carboxylic acids is 1. The van der Waals surface area contributed by atoms with Crippen molar-refractivity contribution >= 4 is 28.3 Å². The number of rotatable bonds is 6. The Morgan fingerprint density at radius 1 is 1.10 bits per heavy atom. The fourth-order valence-corrected chi connectivity index (χ4v) is 4.70. The number of hydrogen-bond acceptors (Lipinski definition) is 4. The minimum atomic E-state index is -0.917. The van der Waals surface area contributed by atoms with E-state index in [0.717, 1.165) is 40.1 Å². The second-order valence-electron chi connectivity index (χ2n) is 7.88. The van der Waals surface area contributed by atoms with Crippen molar-refractivity contribution in [3.8, 4) is 11.3 Å². The van der Waals surface area contributed by atoms with Gasteiger partial charge < -0.3 is 10.4 Å². The van der Waals surface area contributed by atoms with Gasteiger partial charge in [-0.3, -0.25) is 9.59 Å². The van der Waals surface area contributed by atoms with E-state index in [0.29, 0.717) is 18.0 Å². The van der Waals surface area contributed by atoms with Gasteiger partial charge in [-0.1, -0.05) is 48.8 Å². The SMILES string of the molecule is CCCc1ccc(-c2nc(NC(=O)[C@H]3CC(C)=C(C)C[C@@H]3C(=O)O)sc2C)cc1. The average Bonchev–Trinajstić information content (AvgIpc) is 3.04. The zero-order valence-corrected chi connectivity index (χ0v) is 18.2. The molecule has 0 aliphatic heterocycles. The summed E-state index contributed by atoms with van der Waals surface area (Å²) in [5.74, 6) is -2.44. The molecule has 1 aliphatic carbocycles. The zero-order valence-electron chi connectivity index (χ0n) is 17.4. The minimum absolute atomic E-state index is 0.261. The molecular formula is C23H28N2O3S. The van der Waals surface area contributed by atoms with Crippen LogP contribution < -0.4 is 5.32 Å². The van der Waals surface area contributed by atoms with Crippen molar-refractivity contribution in [1.82, 2.24) is 4.98 Å². The number of nitrogens with one attached hydrogen (secondary N) is 1. The van der Waals surface area contributed by atoms with Crippen LogP contribution in [0.2, 0.25) is 0 Å². The predicted octanol–water partition coefficient (Wildman–Crippen LogP) is 5.46. The molecule has 0 radical (unpaired) electrons. The molecule has 5 nitrogen and oxygen atoms in total. The molecule has 0 fully saturated rings. The van der Waals surface area contributed by atoms with Crippen molar-refractivity contribution in [2.75, 3.05) is 5.32 Å². The van der Waals surface area contributed by atoms with Gasteiger partial charge in [0.25, 0.3) is 0 Å². The first kappa shape index (κ1) is 21.2. The van der Waals surface area contributed by atoms with Crippen LogP contribution in [-0.2, 0) is 16.0 Å². The molecule has 1 amide bonds. The molecule has 0 unspecified atom stereocenters. The molecule has 6 heteroatoms. The first-order valence-electron chi connectivity index (χ1n) is 10.1. The summed E-state index contributed by atoms with van der Waals surface area (Å²) in [6, 6.07) is 8.37. The van der Waals surface area contributed by atoms with Crippen LogP contribution in [0, 0.1) is 18.8 Å². The summed E-state index contributed by atoms with van der Waals surface area (Å²) in [5, 5.41) is 13.0. The summed E-state index contributed by atoms with van der Waals surface area (Å²) >= 11 is 1.42. The van der Waals surface area contributed by atoms with Crippen LogP contribution in [0.25, 0.3) is 11.3 Å². The summed E-state index contributed by atoms with van der Waals surface area (Å²) in [4.78, 5) is 30.2. The Morgan fingerprint density at radius 3 is 2.31 bits per heavy atom. The number of allylic oxidation sites excluding steroid dienone is 2. The maximum Gasteiger partial charge on any atom is 0.307 e. The van der Waals surface area contributed by atoms with Crippen LogP contribution in [-0.4, -0.2) is 22.0 Å². The van der Waals surface area contributed by atoms with Crippen molar-refractivity contribution in [3.63, 3.8) is 0 Å². The second kappa shape index (κ2) is 8.91. The molecule has 1 heterocycles. The molecule has 2 aromatic rings. The third-order valence-corrected chi connectivity index (χ3v) is 6.60. The Labute approximate surface area is 175 Å². The first-order valence-corrected chi connectivity index (χ1v) is 10.9. The molecule has 1 aliphatic rings. The molecular weight excluding hydrogens is 384 g/mol. The smallest absolute Gasteiger partial charge is 0.307 e. The molecule has 1 aromatic carbocycles. The van der Waals surface area contributed by atoms with Gasteiger partial charge in [-0.2, -0.15) is 0 Å². The number of hydrogen-bond donors (Lipinski definition) is 2. The number of nitrogens with zero attached hydrogens (tertiary/aromatic N) is 1. The lowest BCUT2D eigenvalue weighted by Crippen LogP contribution is -2.36. The van der Waals surface area contributed by atoms with E-state index in [1.165, 1.54) is 16.9 Å². The number of aliphatic carboxylic acids is 1. The average molecular weight is 413 g/mol. The Bertz CT molecular complexity index is 944. The number of benzene rings is 1. The molecule has 2 N–H and O–H groups in total. The number of thiazole rings is 1. The predicted molar refractivity (Wildman–Crippen MR) is 117 cm³/mol. The van der Waals surface area contributed by atoms with E-state index in [4.69, 9.17) is 0 Å². The van der Waals surface area contributed by atoms with Crippen LogP contribution >= 0.6 is 11.3 Å². The Hall–Kier alpha value is -2.47. The number of carboxylic acids is 1. The van der Waals surface area contributed by atoms with E-state index in [1.54, 1.807) is 0 Å². The molecule has 0 saturated carbocycles. The van der Waals surface area contributed by atoms with Crippen LogP contribution in [0.1, 0.15) is 50.5 Å². The number of aryl methyl sites for hydroxylation is 2. The number of carboxylic acid groups (broad SMARTS) is 1. The molecule has 29 heavy (non-hydrogen) atoms. The lowest BCUT2D eigenvalue weighted by molar-refractivity contribution is -0.146. The van der Waals surface area contributed by atoms with Crippen molar-refractivity contribution < 1.29 is 14.7 Å². The zero-order chi connectivity index (χ0) is 21.1. The van der Waals surface area contributed by atoms with E-state index < -0.39 is 17.8 Å². The van der Waals surface area contributed by atoms with Crippen LogP contribution in [0.15, 0.2) is 35.4 Å². The fraction of sp³-hybridized carbons (Fsp3) is 0.435. The minimum Gasteiger partial charge on any atom is -0.481 e. The highest BCUT2D eigenvalue weighted by molar-refractivity contribution is 7.16. The first-order chi connectivity index (χ1) is 13.8. The molecule has 0 bridgehead atoms. The van der Waals surface area contributed by atoms with E-state index in [9.17, 15) is 14.7 Å². The van der Waals surface area contributed by atoms with Crippen molar-refractivity contribution in [3.05, 3.63) is 45.9 Å². The molecule has 1 aromatic heterocycles. The third kappa shape index (κ3) is 4.75. The summed E-state index contributed by atoms with van der Waals surface area (Å²) in [7, 11) is 0. The Balaban J connectivity index is 1.77. The molecule has 0 spiro atoms. The lowest BCUT2D eigenvalue weighted by Gasteiger charge is -2.29. The summed E-state index contributed by atoms with van der Waals surface area (Å²) in [6.45, 7) is 8.07. The number of carbonyl (C=O) groups is 2. The van der Waals surface area contributed by atoms with Crippen molar-refractivity contribution in [2.45, 2.75) is 53.4 Å². The fourth-order valence-electron chi connectivity index (χ4n) is 3.86. The summed E-state index contributed by atoms with van der Waals surface area (Å²) in [6.07, 6.45) is 3.06. The van der Waals surface area contributed by atoms with Gasteiger partial charge in [0.2, 0.25) is 5.91 Å². The highest BCUT2D eigenvalue weighted by Crippen LogP contribution is 2.36. The van der Waals surface area contributed by atoms with Gasteiger partial charge in [0.1, 0.15) is 0 Å². The van der Waals surface area contributed by atoms with Gasteiger partial charge in [0.15, 0.2) is 5.13 Å².